The zero-order valence-corrected chi connectivity index (χ0v) is 13.7. The molecule has 2 rings (SSSR count). The highest BCUT2D eigenvalue weighted by Gasteiger charge is 2.26. The molecule has 116 valence electrons. The van der Waals surface area contributed by atoms with Gasteiger partial charge in [-0.05, 0) is 69.9 Å². The van der Waals surface area contributed by atoms with Crippen molar-refractivity contribution in [2.24, 2.45) is 11.8 Å². The first-order chi connectivity index (χ1) is 9.90. The Hall–Kier alpha value is -0.300. The van der Waals surface area contributed by atoms with Crippen LogP contribution in [-0.4, -0.2) is 24.5 Å². The molecule has 0 spiro atoms. The van der Waals surface area contributed by atoms with E-state index >= 15 is 0 Å². The van der Waals surface area contributed by atoms with Crippen LogP contribution in [0.3, 0.4) is 0 Å². The molecule has 0 bridgehead atoms. The summed E-state index contributed by atoms with van der Waals surface area (Å²) in [4.78, 5) is 2.77. The first kappa shape index (κ1) is 16.1. The molecule has 2 aliphatic rings. The quantitative estimate of drug-likeness (QED) is 0.463. The Balaban J connectivity index is 1.73. The van der Waals surface area contributed by atoms with Gasteiger partial charge in [0.25, 0.3) is 0 Å². The third-order valence-electron chi connectivity index (χ3n) is 5.34. The molecule has 0 radical (unpaired) electrons. The first-order valence-electron chi connectivity index (χ1n) is 9.27. The van der Waals surface area contributed by atoms with E-state index in [9.17, 15) is 0 Å². The van der Waals surface area contributed by atoms with Gasteiger partial charge in [0, 0.05) is 6.54 Å². The van der Waals surface area contributed by atoms with Gasteiger partial charge >= 0.3 is 0 Å². The fourth-order valence-electron chi connectivity index (χ4n) is 4.04. The number of likely N-dealkylation sites (tertiary alicyclic amines) is 1. The predicted octanol–water partition coefficient (Wildman–Crippen LogP) is 5.42. The number of allylic oxidation sites excluding steroid dienone is 2. The molecule has 0 aromatic rings. The van der Waals surface area contributed by atoms with Crippen LogP contribution < -0.4 is 0 Å². The van der Waals surface area contributed by atoms with Gasteiger partial charge in [-0.15, -0.1) is 0 Å². The van der Waals surface area contributed by atoms with Gasteiger partial charge in [0.05, 0.1) is 0 Å². The van der Waals surface area contributed by atoms with Crippen LogP contribution in [0.15, 0.2) is 12.2 Å². The van der Waals surface area contributed by atoms with Crippen LogP contribution >= 0.6 is 0 Å². The molecule has 0 N–H and O–H groups in total. The lowest BCUT2D eigenvalue weighted by molar-refractivity contribution is 0.126. The van der Waals surface area contributed by atoms with Crippen LogP contribution in [0.1, 0.15) is 77.6 Å². The van der Waals surface area contributed by atoms with E-state index < -0.39 is 0 Å². The fourth-order valence-corrected chi connectivity index (χ4v) is 4.04. The number of rotatable bonds is 6. The molecule has 0 saturated carbocycles. The Morgan fingerprint density at radius 2 is 1.85 bits per heavy atom. The van der Waals surface area contributed by atoms with Crippen LogP contribution in [0, 0.1) is 11.8 Å². The molecule has 1 heterocycles. The third kappa shape index (κ3) is 5.60. The average molecular weight is 277 g/mol. The number of hydrogen-bond donors (Lipinski definition) is 0. The van der Waals surface area contributed by atoms with E-state index in [1.807, 2.05) is 0 Å². The molecular weight excluding hydrogens is 242 g/mol. The largest absolute Gasteiger partial charge is 0.303 e. The van der Waals surface area contributed by atoms with Gasteiger partial charge in [0.15, 0.2) is 0 Å². The molecule has 0 amide bonds. The summed E-state index contributed by atoms with van der Waals surface area (Å²) >= 11 is 0. The third-order valence-corrected chi connectivity index (χ3v) is 5.34. The number of hydrogen-bond acceptors (Lipinski definition) is 1. The van der Waals surface area contributed by atoms with Crippen molar-refractivity contribution in [2.45, 2.75) is 77.6 Å². The van der Waals surface area contributed by atoms with Crippen molar-refractivity contribution in [3.8, 4) is 0 Å². The highest BCUT2D eigenvalue weighted by molar-refractivity contribution is 4.90. The second kappa shape index (κ2) is 9.60. The number of piperidine rings is 1. The zero-order valence-electron chi connectivity index (χ0n) is 13.7. The summed E-state index contributed by atoms with van der Waals surface area (Å²) in [5.74, 6) is 1.96. The van der Waals surface area contributed by atoms with Crippen molar-refractivity contribution in [1.82, 2.24) is 4.90 Å². The SMILES string of the molecule is CCCCCCN1CCCC(C2CC=CCCCC2)C1. The highest BCUT2D eigenvalue weighted by atomic mass is 15.1. The zero-order chi connectivity index (χ0) is 14.0. The molecule has 1 fully saturated rings. The van der Waals surface area contributed by atoms with E-state index in [4.69, 9.17) is 0 Å². The van der Waals surface area contributed by atoms with E-state index in [2.05, 4.69) is 24.0 Å². The van der Waals surface area contributed by atoms with Gasteiger partial charge in [0.2, 0.25) is 0 Å². The van der Waals surface area contributed by atoms with E-state index in [0.29, 0.717) is 0 Å². The molecule has 1 nitrogen and oxygen atoms in total. The Morgan fingerprint density at radius 1 is 0.950 bits per heavy atom. The standard InChI is InChI=1S/C19H35N/c1-2-3-4-10-15-20-16-11-14-19(17-20)18-12-8-6-5-7-9-13-18/h6,8,18-19H,2-5,7,9-17H2,1H3. The minimum Gasteiger partial charge on any atom is -0.303 e. The van der Waals surface area contributed by atoms with Gasteiger partial charge in [-0.1, -0.05) is 44.8 Å². The highest BCUT2D eigenvalue weighted by Crippen LogP contribution is 2.31. The van der Waals surface area contributed by atoms with Crippen LogP contribution in [0.4, 0.5) is 0 Å². The van der Waals surface area contributed by atoms with E-state index in [1.165, 1.54) is 90.3 Å². The maximum atomic E-state index is 2.77. The maximum Gasteiger partial charge on any atom is 0.00124 e. The minimum atomic E-state index is 0.977. The lowest BCUT2D eigenvalue weighted by Crippen LogP contribution is -2.39. The van der Waals surface area contributed by atoms with Crippen LogP contribution in [0.5, 0.6) is 0 Å². The first-order valence-corrected chi connectivity index (χ1v) is 9.27. The molecule has 2 atom stereocenters. The topological polar surface area (TPSA) is 3.24 Å². The van der Waals surface area contributed by atoms with E-state index in [0.717, 1.165) is 11.8 Å². The molecule has 1 aliphatic carbocycles. The van der Waals surface area contributed by atoms with Crippen molar-refractivity contribution >= 4 is 0 Å². The monoisotopic (exact) mass is 277 g/mol. The fraction of sp³-hybridized carbons (Fsp3) is 0.895. The van der Waals surface area contributed by atoms with Crippen LogP contribution in [-0.2, 0) is 0 Å². The lowest BCUT2D eigenvalue weighted by Gasteiger charge is -2.37. The molecule has 0 aromatic heterocycles. The minimum absolute atomic E-state index is 0.977. The van der Waals surface area contributed by atoms with Crippen LogP contribution in [0.2, 0.25) is 0 Å². The second-order valence-electron chi connectivity index (χ2n) is 7.02. The molecule has 1 aliphatic heterocycles. The van der Waals surface area contributed by atoms with Crippen molar-refractivity contribution in [3.63, 3.8) is 0 Å². The second-order valence-corrected chi connectivity index (χ2v) is 7.02. The molecule has 1 saturated heterocycles. The molecular formula is C19H35N. The smallest absolute Gasteiger partial charge is 0.00124 e. The molecule has 20 heavy (non-hydrogen) atoms. The Kier molecular flexibility index (Phi) is 7.72. The Morgan fingerprint density at radius 3 is 2.75 bits per heavy atom. The van der Waals surface area contributed by atoms with Crippen molar-refractivity contribution in [2.75, 3.05) is 19.6 Å². The van der Waals surface area contributed by atoms with Gasteiger partial charge < -0.3 is 4.90 Å². The normalized spacial score (nSPS) is 29.1. The van der Waals surface area contributed by atoms with Crippen molar-refractivity contribution in [1.29, 1.82) is 0 Å². The molecule has 2 unspecified atom stereocenters. The summed E-state index contributed by atoms with van der Waals surface area (Å²) in [5.41, 5.74) is 0. The molecule has 1 heteroatoms. The van der Waals surface area contributed by atoms with E-state index in [-0.39, 0.29) is 0 Å². The summed E-state index contributed by atoms with van der Waals surface area (Å²) in [6, 6.07) is 0. The Bertz CT molecular complexity index is 271. The number of nitrogens with zero attached hydrogens (tertiary/aromatic N) is 1. The maximum absolute atomic E-state index is 2.77. The Labute approximate surface area is 126 Å². The lowest BCUT2D eigenvalue weighted by atomic mass is 9.79. The van der Waals surface area contributed by atoms with Crippen LogP contribution in [0.25, 0.3) is 0 Å². The summed E-state index contributed by atoms with van der Waals surface area (Å²) in [5, 5.41) is 0. The molecule has 0 aromatic carbocycles. The van der Waals surface area contributed by atoms with Gasteiger partial charge in [-0.3, -0.25) is 0 Å². The summed E-state index contributed by atoms with van der Waals surface area (Å²) in [6.07, 6.45) is 20.5. The predicted molar refractivity (Wildman–Crippen MR) is 89.0 cm³/mol. The van der Waals surface area contributed by atoms with Crippen molar-refractivity contribution in [3.05, 3.63) is 12.2 Å². The van der Waals surface area contributed by atoms with Crippen molar-refractivity contribution < 1.29 is 0 Å². The summed E-state index contributed by atoms with van der Waals surface area (Å²) in [7, 11) is 0. The van der Waals surface area contributed by atoms with Gasteiger partial charge in [-0.2, -0.15) is 0 Å². The summed E-state index contributed by atoms with van der Waals surface area (Å²) < 4.78 is 0. The van der Waals surface area contributed by atoms with E-state index in [1.54, 1.807) is 0 Å². The average Bonchev–Trinajstić information content (AvgIpc) is 2.44. The summed E-state index contributed by atoms with van der Waals surface area (Å²) in [6.45, 7) is 6.42. The van der Waals surface area contributed by atoms with Gasteiger partial charge in [-0.25, -0.2) is 0 Å². The van der Waals surface area contributed by atoms with Gasteiger partial charge in [0.1, 0.15) is 0 Å². The number of unbranched alkanes of at least 4 members (excludes halogenated alkanes) is 3.